The summed E-state index contributed by atoms with van der Waals surface area (Å²) >= 11 is 5.59. The molecule has 1 heterocycles. The molecule has 0 spiro atoms. The molecule has 0 aliphatic heterocycles. The summed E-state index contributed by atoms with van der Waals surface area (Å²) in [6.45, 7) is 0. The topological polar surface area (TPSA) is 13.1 Å². The Morgan fingerprint density at radius 2 is 2.00 bits per heavy atom. The van der Waals surface area contributed by atoms with Crippen LogP contribution in [0.4, 0.5) is 8.78 Å². The highest BCUT2D eigenvalue weighted by Gasteiger charge is 2.13. The van der Waals surface area contributed by atoms with E-state index >= 15 is 0 Å². The lowest BCUT2D eigenvalue weighted by atomic mass is 10.1. The first kappa shape index (κ1) is 9.21. The van der Waals surface area contributed by atoms with Crippen LogP contribution >= 0.6 is 11.6 Å². The molecule has 1 nitrogen and oxygen atoms in total. The minimum absolute atomic E-state index is 0.0278. The van der Waals surface area contributed by atoms with Crippen molar-refractivity contribution in [2.45, 2.75) is 0 Å². The maximum atomic E-state index is 13.3. The third-order valence-corrected chi connectivity index (χ3v) is 2.00. The van der Waals surface area contributed by atoms with Crippen molar-refractivity contribution in [2.24, 2.45) is 0 Å². The van der Waals surface area contributed by atoms with Gasteiger partial charge in [0.1, 0.15) is 5.76 Å². The average molecular weight is 215 g/mol. The minimum atomic E-state index is -0.982. The van der Waals surface area contributed by atoms with E-state index < -0.39 is 11.6 Å². The number of halogens is 3. The molecule has 0 aliphatic carbocycles. The molecule has 0 atom stereocenters. The Hall–Kier alpha value is -1.35. The van der Waals surface area contributed by atoms with E-state index in [1.54, 1.807) is 6.07 Å². The van der Waals surface area contributed by atoms with Gasteiger partial charge >= 0.3 is 0 Å². The number of hydrogen-bond donors (Lipinski definition) is 0. The Morgan fingerprint density at radius 3 is 2.64 bits per heavy atom. The standard InChI is InChI=1S/C10H5ClF2O/c11-6-4-7(9-2-1-3-14-9)10(13)8(12)5-6/h1-5H. The molecule has 14 heavy (non-hydrogen) atoms. The molecule has 0 fully saturated rings. The van der Waals surface area contributed by atoms with Crippen molar-refractivity contribution in [2.75, 3.05) is 0 Å². The van der Waals surface area contributed by atoms with Crippen LogP contribution in [0.25, 0.3) is 11.3 Å². The van der Waals surface area contributed by atoms with Crippen molar-refractivity contribution < 1.29 is 13.2 Å². The van der Waals surface area contributed by atoms with E-state index in [-0.39, 0.29) is 16.3 Å². The summed E-state index contributed by atoms with van der Waals surface area (Å²) < 4.78 is 31.1. The summed E-state index contributed by atoms with van der Waals surface area (Å²) in [7, 11) is 0. The predicted octanol–water partition coefficient (Wildman–Crippen LogP) is 3.88. The SMILES string of the molecule is Fc1cc(Cl)cc(-c2ccco2)c1F. The fourth-order valence-corrected chi connectivity index (χ4v) is 1.37. The predicted molar refractivity (Wildman–Crippen MR) is 49.1 cm³/mol. The Bertz CT molecular complexity index is 451. The van der Waals surface area contributed by atoms with Gasteiger partial charge < -0.3 is 4.42 Å². The van der Waals surface area contributed by atoms with E-state index in [1.807, 2.05) is 0 Å². The van der Waals surface area contributed by atoms with Gasteiger partial charge in [0.05, 0.1) is 11.8 Å². The maximum absolute atomic E-state index is 13.3. The maximum Gasteiger partial charge on any atom is 0.169 e. The molecule has 4 heteroatoms. The van der Waals surface area contributed by atoms with Gasteiger partial charge in [0.15, 0.2) is 11.6 Å². The fourth-order valence-electron chi connectivity index (χ4n) is 1.17. The van der Waals surface area contributed by atoms with Crippen LogP contribution < -0.4 is 0 Å². The quantitative estimate of drug-likeness (QED) is 0.657. The van der Waals surface area contributed by atoms with E-state index in [2.05, 4.69) is 0 Å². The van der Waals surface area contributed by atoms with Crippen LogP contribution in [0, 0.1) is 11.6 Å². The van der Waals surface area contributed by atoms with Gasteiger partial charge in [-0.05, 0) is 24.3 Å². The molecule has 0 aliphatic rings. The lowest BCUT2D eigenvalue weighted by Crippen LogP contribution is -1.88. The Balaban J connectivity index is 2.64. The molecular formula is C10H5ClF2O. The molecule has 72 valence electrons. The molecular weight excluding hydrogens is 210 g/mol. The van der Waals surface area contributed by atoms with Crippen molar-refractivity contribution in [1.82, 2.24) is 0 Å². The zero-order valence-corrected chi connectivity index (χ0v) is 7.68. The number of benzene rings is 1. The third kappa shape index (κ3) is 1.51. The van der Waals surface area contributed by atoms with Crippen LogP contribution in [0.1, 0.15) is 0 Å². The molecule has 2 rings (SSSR count). The van der Waals surface area contributed by atoms with E-state index in [0.29, 0.717) is 0 Å². The normalized spacial score (nSPS) is 10.5. The summed E-state index contributed by atoms with van der Waals surface area (Å²) in [5, 5.41) is 0.135. The largest absolute Gasteiger partial charge is 0.464 e. The molecule has 2 aromatic rings. The van der Waals surface area contributed by atoms with Crippen molar-refractivity contribution in [3.8, 4) is 11.3 Å². The first-order chi connectivity index (χ1) is 6.68. The van der Waals surface area contributed by atoms with Crippen LogP contribution in [0.2, 0.25) is 5.02 Å². The summed E-state index contributed by atoms with van der Waals surface area (Å²) in [6.07, 6.45) is 1.38. The van der Waals surface area contributed by atoms with Gasteiger partial charge in [-0.25, -0.2) is 8.78 Å². The molecule has 1 aromatic carbocycles. The minimum Gasteiger partial charge on any atom is -0.464 e. The fraction of sp³-hybridized carbons (Fsp3) is 0. The van der Waals surface area contributed by atoms with Crippen LogP contribution in [0.15, 0.2) is 34.9 Å². The number of hydrogen-bond acceptors (Lipinski definition) is 1. The highest BCUT2D eigenvalue weighted by molar-refractivity contribution is 6.30. The third-order valence-electron chi connectivity index (χ3n) is 1.78. The molecule has 0 amide bonds. The summed E-state index contributed by atoms with van der Waals surface area (Å²) in [6, 6.07) is 5.36. The molecule has 0 bridgehead atoms. The average Bonchev–Trinajstić information content (AvgIpc) is 2.63. The van der Waals surface area contributed by atoms with Gasteiger partial charge in [-0.3, -0.25) is 0 Å². The lowest BCUT2D eigenvalue weighted by molar-refractivity contribution is 0.504. The van der Waals surface area contributed by atoms with E-state index in [1.165, 1.54) is 18.4 Å². The van der Waals surface area contributed by atoms with Crippen molar-refractivity contribution in [3.63, 3.8) is 0 Å². The van der Waals surface area contributed by atoms with Crippen molar-refractivity contribution >= 4 is 11.6 Å². The first-order valence-electron chi connectivity index (χ1n) is 3.87. The van der Waals surface area contributed by atoms with Crippen molar-refractivity contribution in [1.29, 1.82) is 0 Å². The van der Waals surface area contributed by atoms with E-state index in [0.717, 1.165) is 6.07 Å². The Kier molecular flexibility index (Phi) is 2.25. The van der Waals surface area contributed by atoms with Crippen LogP contribution in [-0.2, 0) is 0 Å². The Morgan fingerprint density at radius 1 is 1.21 bits per heavy atom. The van der Waals surface area contributed by atoms with Gasteiger partial charge in [-0.2, -0.15) is 0 Å². The van der Waals surface area contributed by atoms with Gasteiger partial charge in [0, 0.05) is 5.02 Å². The molecule has 0 N–H and O–H groups in total. The second kappa shape index (κ2) is 3.42. The summed E-state index contributed by atoms with van der Waals surface area (Å²) in [5.41, 5.74) is 0.0278. The van der Waals surface area contributed by atoms with Gasteiger partial charge in [0.25, 0.3) is 0 Å². The van der Waals surface area contributed by atoms with E-state index in [9.17, 15) is 8.78 Å². The lowest BCUT2D eigenvalue weighted by Gasteiger charge is -2.01. The molecule has 1 aromatic heterocycles. The zero-order chi connectivity index (χ0) is 10.1. The van der Waals surface area contributed by atoms with Crippen molar-refractivity contribution in [3.05, 3.63) is 47.2 Å². The second-order valence-corrected chi connectivity index (χ2v) is 3.16. The molecule has 0 saturated carbocycles. The van der Waals surface area contributed by atoms with Crippen LogP contribution in [-0.4, -0.2) is 0 Å². The van der Waals surface area contributed by atoms with Crippen LogP contribution in [0.5, 0.6) is 0 Å². The van der Waals surface area contributed by atoms with Gasteiger partial charge in [-0.1, -0.05) is 11.6 Å². The van der Waals surface area contributed by atoms with E-state index in [4.69, 9.17) is 16.0 Å². The smallest absolute Gasteiger partial charge is 0.169 e. The zero-order valence-electron chi connectivity index (χ0n) is 6.93. The monoisotopic (exact) mass is 214 g/mol. The molecule has 0 saturated heterocycles. The summed E-state index contributed by atoms with van der Waals surface area (Å²) in [5.74, 6) is -1.68. The van der Waals surface area contributed by atoms with Crippen LogP contribution in [0.3, 0.4) is 0 Å². The highest BCUT2D eigenvalue weighted by atomic mass is 35.5. The number of rotatable bonds is 1. The molecule has 0 radical (unpaired) electrons. The number of furan rings is 1. The van der Waals surface area contributed by atoms with Gasteiger partial charge in [0.2, 0.25) is 0 Å². The van der Waals surface area contributed by atoms with Gasteiger partial charge in [-0.15, -0.1) is 0 Å². The second-order valence-electron chi connectivity index (χ2n) is 2.73. The Labute approximate surface area is 83.9 Å². The highest BCUT2D eigenvalue weighted by Crippen LogP contribution is 2.28. The molecule has 0 unspecified atom stereocenters. The summed E-state index contributed by atoms with van der Waals surface area (Å²) in [4.78, 5) is 0. The first-order valence-corrected chi connectivity index (χ1v) is 4.24.